The number of hydrogen-bond acceptors (Lipinski definition) is 4. The molecule has 0 aromatic heterocycles. The molecule has 3 N–H and O–H groups in total. The highest BCUT2D eigenvalue weighted by molar-refractivity contribution is 5.76. The van der Waals surface area contributed by atoms with Gasteiger partial charge in [-0.05, 0) is 5.56 Å². The Labute approximate surface area is 103 Å². The van der Waals surface area contributed by atoms with Crippen LogP contribution in [0.4, 0.5) is 0 Å². The second-order valence-corrected chi connectivity index (χ2v) is 4.14. The van der Waals surface area contributed by atoms with Crippen molar-refractivity contribution in [1.29, 1.82) is 0 Å². The van der Waals surface area contributed by atoms with Crippen molar-refractivity contribution in [3.63, 3.8) is 0 Å². The van der Waals surface area contributed by atoms with E-state index in [1.807, 2.05) is 6.07 Å². The summed E-state index contributed by atoms with van der Waals surface area (Å²) in [5.41, 5.74) is 3.16. The van der Waals surface area contributed by atoms with Gasteiger partial charge in [0.05, 0.1) is 6.42 Å². The van der Waals surface area contributed by atoms with Gasteiger partial charge in [-0.15, -0.1) is 0 Å². The number of nitrogens with one attached hydrogen (secondary N) is 1. The van der Waals surface area contributed by atoms with Gasteiger partial charge in [0.1, 0.15) is 12.1 Å². The zero-order valence-electron chi connectivity index (χ0n) is 9.45. The first-order chi connectivity index (χ1) is 8.59. The van der Waals surface area contributed by atoms with Crippen molar-refractivity contribution in [1.82, 2.24) is 5.48 Å². The van der Waals surface area contributed by atoms with Crippen molar-refractivity contribution >= 4 is 11.9 Å². The second-order valence-electron chi connectivity index (χ2n) is 4.14. The molecular formula is C12H13NO5. The summed E-state index contributed by atoms with van der Waals surface area (Å²) in [5.74, 6) is -2.79. The lowest BCUT2D eigenvalue weighted by molar-refractivity contribution is -0.142. The van der Waals surface area contributed by atoms with E-state index in [0.29, 0.717) is 0 Å². The molecule has 1 aliphatic heterocycles. The number of carboxylic acids is 2. The van der Waals surface area contributed by atoms with E-state index in [2.05, 4.69) is 5.48 Å². The Kier molecular flexibility index (Phi) is 3.59. The first-order valence-corrected chi connectivity index (χ1v) is 5.50. The van der Waals surface area contributed by atoms with E-state index < -0.39 is 30.0 Å². The highest BCUT2D eigenvalue weighted by atomic mass is 16.7. The Morgan fingerprint density at radius 1 is 1.22 bits per heavy atom. The van der Waals surface area contributed by atoms with Gasteiger partial charge in [-0.1, -0.05) is 30.3 Å². The highest BCUT2D eigenvalue weighted by Gasteiger charge is 2.43. The maximum atomic E-state index is 11.0. The summed E-state index contributed by atoms with van der Waals surface area (Å²) in [6.07, 6.45) is -0.827. The van der Waals surface area contributed by atoms with E-state index in [-0.39, 0.29) is 6.42 Å². The van der Waals surface area contributed by atoms with Gasteiger partial charge in [-0.2, -0.15) is 5.48 Å². The molecule has 1 heterocycles. The minimum Gasteiger partial charge on any atom is -0.481 e. The number of carbonyl (C=O) groups is 2. The van der Waals surface area contributed by atoms with Gasteiger partial charge < -0.3 is 10.2 Å². The summed E-state index contributed by atoms with van der Waals surface area (Å²) >= 11 is 0. The van der Waals surface area contributed by atoms with Crippen LogP contribution in [0.2, 0.25) is 0 Å². The fourth-order valence-electron chi connectivity index (χ4n) is 2.11. The molecule has 0 radical (unpaired) electrons. The van der Waals surface area contributed by atoms with E-state index in [0.717, 1.165) is 5.56 Å². The van der Waals surface area contributed by atoms with Gasteiger partial charge in [0, 0.05) is 5.92 Å². The van der Waals surface area contributed by atoms with E-state index >= 15 is 0 Å². The molecule has 1 aromatic rings. The molecule has 1 aromatic carbocycles. The molecule has 0 aliphatic carbocycles. The maximum Gasteiger partial charge on any atom is 0.323 e. The van der Waals surface area contributed by atoms with Gasteiger partial charge in [0.2, 0.25) is 0 Å². The normalized spacial score (nSPS) is 27.0. The molecule has 6 nitrogen and oxygen atoms in total. The van der Waals surface area contributed by atoms with E-state index in [4.69, 9.17) is 15.1 Å². The minimum absolute atomic E-state index is 0.260. The van der Waals surface area contributed by atoms with Crippen LogP contribution in [0.15, 0.2) is 30.3 Å². The Balaban J connectivity index is 2.24. The monoisotopic (exact) mass is 251 g/mol. The second kappa shape index (κ2) is 5.16. The topological polar surface area (TPSA) is 95.9 Å². The molecule has 18 heavy (non-hydrogen) atoms. The van der Waals surface area contributed by atoms with Crippen LogP contribution < -0.4 is 5.48 Å². The average molecular weight is 251 g/mol. The molecule has 96 valence electrons. The standard InChI is InChI=1S/C12H13NO5/c14-9(15)6-8-10(12(16)17)13-18-11(8)7-4-2-1-3-5-7/h1-5,8,10-11,13H,6H2,(H,14,15)(H,16,17)/t8-,10+,11-/m1/s1. The van der Waals surface area contributed by atoms with E-state index in [1.165, 1.54) is 0 Å². The van der Waals surface area contributed by atoms with Crippen LogP contribution in [-0.2, 0) is 14.4 Å². The SMILES string of the molecule is O=C(O)C[C@@H]1[C@@H](C(=O)O)NO[C@@H]1c1ccccc1. The van der Waals surface area contributed by atoms with Crippen LogP contribution >= 0.6 is 0 Å². The molecule has 1 aliphatic rings. The first-order valence-electron chi connectivity index (χ1n) is 5.50. The minimum atomic E-state index is -1.11. The summed E-state index contributed by atoms with van der Waals surface area (Å²) in [6.45, 7) is 0. The summed E-state index contributed by atoms with van der Waals surface area (Å²) in [6, 6.07) is 7.98. The first kappa shape index (κ1) is 12.5. The predicted molar refractivity (Wildman–Crippen MR) is 60.6 cm³/mol. The average Bonchev–Trinajstić information content (AvgIpc) is 2.73. The van der Waals surface area contributed by atoms with Crippen LogP contribution in [-0.4, -0.2) is 28.2 Å². The lowest BCUT2D eigenvalue weighted by atomic mass is 9.88. The quantitative estimate of drug-likeness (QED) is 0.732. The highest BCUT2D eigenvalue weighted by Crippen LogP contribution is 2.35. The molecule has 1 fully saturated rings. The van der Waals surface area contributed by atoms with Gasteiger partial charge in [-0.25, -0.2) is 0 Å². The Bertz CT molecular complexity index is 447. The van der Waals surface area contributed by atoms with Crippen molar-refractivity contribution in [3.8, 4) is 0 Å². The Morgan fingerprint density at radius 3 is 2.44 bits per heavy atom. The summed E-state index contributed by atoms with van der Waals surface area (Å²) in [4.78, 5) is 27.1. The summed E-state index contributed by atoms with van der Waals surface area (Å²) in [7, 11) is 0. The molecule has 0 amide bonds. The largest absolute Gasteiger partial charge is 0.481 e. The van der Waals surface area contributed by atoms with Crippen LogP contribution in [0, 0.1) is 5.92 Å². The molecule has 6 heteroatoms. The molecule has 3 atom stereocenters. The third-order valence-corrected chi connectivity index (χ3v) is 2.94. The zero-order chi connectivity index (χ0) is 13.1. The number of rotatable bonds is 4. The number of hydroxylamine groups is 1. The van der Waals surface area contributed by atoms with Crippen LogP contribution in [0.1, 0.15) is 18.1 Å². The number of benzene rings is 1. The summed E-state index contributed by atoms with van der Waals surface area (Å²) < 4.78 is 0. The zero-order valence-corrected chi connectivity index (χ0v) is 9.45. The lowest BCUT2D eigenvalue weighted by Crippen LogP contribution is -2.36. The van der Waals surface area contributed by atoms with Crippen LogP contribution in [0.3, 0.4) is 0 Å². The van der Waals surface area contributed by atoms with Crippen molar-refractivity contribution in [3.05, 3.63) is 35.9 Å². The molecule has 0 bridgehead atoms. The van der Waals surface area contributed by atoms with Gasteiger partial charge in [0.25, 0.3) is 0 Å². The molecule has 0 spiro atoms. The molecule has 0 unspecified atom stereocenters. The van der Waals surface area contributed by atoms with E-state index in [1.54, 1.807) is 24.3 Å². The lowest BCUT2D eigenvalue weighted by Gasteiger charge is -2.17. The Morgan fingerprint density at radius 2 is 1.89 bits per heavy atom. The smallest absolute Gasteiger partial charge is 0.323 e. The number of hydrogen-bond donors (Lipinski definition) is 3. The van der Waals surface area contributed by atoms with E-state index in [9.17, 15) is 9.59 Å². The predicted octanol–water partition coefficient (Wildman–Crippen LogP) is 0.807. The maximum absolute atomic E-state index is 11.0. The van der Waals surface area contributed by atoms with Crippen molar-refractivity contribution in [2.24, 2.45) is 5.92 Å². The van der Waals surface area contributed by atoms with Crippen LogP contribution in [0.25, 0.3) is 0 Å². The van der Waals surface area contributed by atoms with Crippen molar-refractivity contribution in [2.75, 3.05) is 0 Å². The number of aliphatic carboxylic acids is 2. The van der Waals surface area contributed by atoms with Crippen molar-refractivity contribution in [2.45, 2.75) is 18.6 Å². The molecule has 1 saturated heterocycles. The molecular weight excluding hydrogens is 238 g/mol. The fraction of sp³-hybridized carbons (Fsp3) is 0.333. The molecule has 0 saturated carbocycles. The summed E-state index contributed by atoms with van der Waals surface area (Å²) in [5, 5.41) is 17.9. The number of carboxylic acid groups (broad SMARTS) is 2. The van der Waals surface area contributed by atoms with Crippen molar-refractivity contribution < 1.29 is 24.6 Å². The van der Waals surface area contributed by atoms with Crippen LogP contribution in [0.5, 0.6) is 0 Å². The molecule has 2 rings (SSSR count). The third-order valence-electron chi connectivity index (χ3n) is 2.94. The van der Waals surface area contributed by atoms with Gasteiger partial charge in [-0.3, -0.25) is 14.4 Å². The third kappa shape index (κ3) is 2.49. The Hall–Kier alpha value is -1.92. The van der Waals surface area contributed by atoms with Gasteiger partial charge >= 0.3 is 11.9 Å². The fourth-order valence-corrected chi connectivity index (χ4v) is 2.11. The van der Waals surface area contributed by atoms with Gasteiger partial charge in [0.15, 0.2) is 0 Å².